The first-order valence-corrected chi connectivity index (χ1v) is 8.57. The third kappa shape index (κ3) is 3.50. The number of piperidine rings is 1. The molecule has 0 aromatic heterocycles. The molecular formula is C17H25ClN2O2. The molecule has 1 aromatic carbocycles. The van der Waals surface area contributed by atoms with Gasteiger partial charge in [-0.3, -0.25) is 9.80 Å². The Kier molecular flexibility index (Phi) is 5.11. The molecule has 0 spiro atoms. The van der Waals surface area contributed by atoms with E-state index in [1.54, 1.807) is 13.2 Å². The number of likely N-dealkylation sites (tertiary alicyclic amines) is 2. The fourth-order valence-corrected chi connectivity index (χ4v) is 3.91. The minimum Gasteiger partial charge on any atom is -0.504 e. The summed E-state index contributed by atoms with van der Waals surface area (Å²) in [6, 6.07) is 4.13. The van der Waals surface area contributed by atoms with Gasteiger partial charge in [-0.15, -0.1) is 0 Å². The highest BCUT2D eigenvalue weighted by Crippen LogP contribution is 2.33. The molecule has 2 fully saturated rings. The van der Waals surface area contributed by atoms with Gasteiger partial charge in [-0.25, -0.2) is 0 Å². The zero-order chi connectivity index (χ0) is 15.5. The highest BCUT2D eigenvalue weighted by molar-refractivity contribution is 6.31. The van der Waals surface area contributed by atoms with Gasteiger partial charge in [0.25, 0.3) is 0 Å². The average Bonchev–Trinajstić information content (AvgIpc) is 3.05. The number of hydrogen-bond donors (Lipinski definition) is 1. The molecule has 0 bridgehead atoms. The number of nitrogens with zero attached hydrogens (tertiary/aromatic N) is 2. The quantitative estimate of drug-likeness (QED) is 0.923. The molecule has 1 atom stereocenters. The number of rotatable bonds is 4. The third-order valence-electron chi connectivity index (χ3n) is 4.88. The Hall–Kier alpha value is -0.970. The van der Waals surface area contributed by atoms with Crippen LogP contribution in [0.4, 0.5) is 0 Å². The van der Waals surface area contributed by atoms with Gasteiger partial charge in [-0.05, 0) is 56.9 Å². The summed E-state index contributed by atoms with van der Waals surface area (Å²) in [5.74, 6) is 0.595. The van der Waals surface area contributed by atoms with Crippen LogP contribution in [0.3, 0.4) is 0 Å². The SMILES string of the molecule is COc1cc(CN2CCC[C@@H](N3CCCC3)C2)c(Cl)cc1O. The van der Waals surface area contributed by atoms with E-state index in [4.69, 9.17) is 16.3 Å². The van der Waals surface area contributed by atoms with Gasteiger partial charge >= 0.3 is 0 Å². The topological polar surface area (TPSA) is 35.9 Å². The predicted octanol–water partition coefficient (Wildman–Crippen LogP) is 3.11. The summed E-state index contributed by atoms with van der Waals surface area (Å²) in [4.78, 5) is 5.12. The Morgan fingerprint density at radius 1 is 1.23 bits per heavy atom. The smallest absolute Gasteiger partial charge is 0.160 e. The molecule has 0 saturated carbocycles. The second kappa shape index (κ2) is 7.07. The van der Waals surface area contributed by atoms with Crippen molar-refractivity contribution < 1.29 is 9.84 Å². The van der Waals surface area contributed by atoms with Crippen LogP contribution in [0.5, 0.6) is 11.5 Å². The van der Waals surface area contributed by atoms with E-state index in [0.29, 0.717) is 16.8 Å². The number of halogens is 1. The van der Waals surface area contributed by atoms with E-state index in [-0.39, 0.29) is 5.75 Å². The maximum absolute atomic E-state index is 9.78. The van der Waals surface area contributed by atoms with Crippen molar-refractivity contribution in [1.82, 2.24) is 9.80 Å². The van der Waals surface area contributed by atoms with E-state index in [9.17, 15) is 5.11 Å². The fourth-order valence-electron chi connectivity index (χ4n) is 3.69. The Balaban J connectivity index is 1.67. The number of methoxy groups -OCH3 is 1. The van der Waals surface area contributed by atoms with E-state index in [0.717, 1.165) is 25.2 Å². The Morgan fingerprint density at radius 2 is 2.00 bits per heavy atom. The zero-order valence-corrected chi connectivity index (χ0v) is 14.0. The minimum atomic E-state index is 0.102. The van der Waals surface area contributed by atoms with Crippen molar-refractivity contribution in [2.24, 2.45) is 0 Å². The summed E-state index contributed by atoms with van der Waals surface area (Å²) in [6.45, 7) is 5.56. The standard InChI is InChI=1S/C17H25ClN2O2/c1-22-17-9-13(15(18)10-16(17)21)11-19-6-4-5-14(12-19)20-7-2-3-8-20/h9-10,14,21H,2-8,11-12H2,1H3/t14-/m1/s1. The minimum absolute atomic E-state index is 0.102. The van der Waals surface area contributed by atoms with Gasteiger partial charge in [0, 0.05) is 30.2 Å². The van der Waals surface area contributed by atoms with E-state index in [1.807, 2.05) is 6.07 Å². The van der Waals surface area contributed by atoms with E-state index in [2.05, 4.69) is 9.80 Å². The van der Waals surface area contributed by atoms with Gasteiger partial charge in [0.1, 0.15) is 0 Å². The monoisotopic (exact) mass is 324 g/mol. The molecule has 0 radical (unpaired) electrons. The first kappa shape index (κ1) is 15.9. The molecule has 4 nitrogen and oxygen atoms in total. The maximum atomic E-state index is 9.78. The number of hydrogen-bond acceptors (Lipinski definition) is 4. The van der Waals surface area contributed by atoms with Gasteiger partial charge in [-0.1, -0.05) is 11.6 Å². The van der Waals surface area contributed by atoms with Crippen molar-refractivity contribution in [3.8, 4) is 11.5 Å². The molecule has 1 N–H and O–H groups in total. The molecule has 122 valence electrons. The lowest BCUT2D eigenvalue weighted by molar-refractivity contribution is 0.110. The number of phenols is 1. The van der Waals surface area contributed by atoms with E-state index in [1.165, 1.54) is 38.8 Å². The second-order valence-electron chi connectivity index (χ2n) is 6.39. The summed E-state index contributed by atoms with van der Waals surface area (Å²) < 4.78 is 5.20. The van der Waals surface area contributed by atoms with Crippen LogP contribution in [0.25, 0.3) is 0 Å². The molecular weight excluding hydrogens is 300 g/mol. The molecule has 22 heavy (non-hydrogen) atoms. The number of ether oxygens (including phenoxy) is 1. The molecule has 0 amide bonds. The summed E-state index contributed by atoms with van der Waals surface area (Å²) in [5, 5.41) is 10.4. The second-order valence-corrected chi connectivity index (χ2v) is 6.80. The van der Waals surface area contributed by atoms with Crippen LogP contribution >= 0.6 is 11.6 Å². The first-order chi connectivity index (χ1) is 10.7. The van der Waals surface area contributed by atoms with Crippen molar-refractivity contribution in [2.75, 3.05) is 33.3 Å². The highest BCUT2D eigenvalue weighted by atomic mass is 35.5. The summed E-state index contributed by atoms with van der Waals surface area (Å²) >= 11 is 6.29. The van der Waals surface area contributed by atoms with Crippen LogP contribution in [0.2, 0.25) is 5.02 Å². The molecule has 1 aromatic rings. The molecule has 2 aliphatic heterocycles. The molecule has 0 aliphatic carbocycles. The van der Waals surface area contributed by atoms with Crippen LogP contribution in [0, 0.1) is 0 Å². The van der Waals surface area contributed by atoms with Crippen LogP contribution in [0.15, 0.2) is 12.1 Å². The largest absolute Gasteiger partial charge is 0.504 e. The zero-order valence-electron chi connectivity index (χ0n) is 13.2. The van der Waals surface area contributed by atoms with Gasteiger partial charge in [0.2, 0.25) is 0 Å². The number of benzene rings is 1. The maximum Gasteiger partial charge on any atom is 0.160 e. The Labute approximate surface area is 137 Å². The Bertz CT molecular complexity index is 518. The van der Waals surface area contributed by atoms with Crippen molar-refractivity contribution in [3.05, 3.63) is 22.7 Å². The molecule has 3 rings (SSSR count). The number of phenolic OH excluding ortho intramolecular Hbond substituents is 1. The van der Waals surface area contributed by atoms with Crippen LogP contribution in [-0.4, -0.2) is 54.2 Å². The summed E-state index contributed by atoms with van der Waals surface area (Å²) in [7, 11) is 1.57. The van der Waals surface area contributed by atoms with Crippen LogP contribution in [-0.2, 0) is 6.54 Å². The third-order valence-corrected chi connectivity index (χ3v) is 5.23. The van der Waals surface area contributed by atoms with Crippen molar-refractivity contribution >= 4 is 11.6 Å². The average molecular weight is 325 g/mol. The predicted molar refractivity (Wildman–Crippen MR) is 88.8 cm³/mol. The first-order valence-electron chi connectivity index (χ1n) is 8.19. The van der Waals surface area contributed by atoms with Crippen molar-refractivity contribution in [3.63, 3.8) is 0 Å². The van der Waals surface area contributed by atoms with Crippen molar-refractivity contribution in [1.29, 1.82) is 0 Å². The highest BCUT2D eigenvalue weighted by Gasteiger charge is 2.27. The van der Waals surface area contributed by atoms with E-state index < -0.39 is 0 Å². The Morgan fingerprint density at radius 3 is 2.73 bits per heavy atom. The summed E-state index contributed by atoms with van der Waals surface area (Å²) in [6.07, 6.45) is 5.24. The molecule has 0 unspecified atom stereocenters. The van der Waals surface area contributed by atoms with Crippen molar-refractivity contribution in [2.45, 2.75) is 38.3 Å². The lowest BCUT2D eigenvalue weighted by atomic mass is 10.0. The van der Waals surface area contributed by atoms with Crippen LogP contribution in [0.1, 0.15) is 31.2 Å². The van der Waals surface area contributed by atoms with Gasteiger partial charge in [-0.2, -0.15) is 0 Å². The molecule has 5 heteroatoms. The van der Waals surface area contributed by atoms with Gasteiger partial charge in [0.15, 0.2) is 11.5 Å². The molecule has 2 aliphatic rings. The van der Waals surface area contributed by atoms with E-state index >= 15 is 0 Å². The fraction of sp³-hybridized carbons (Fsp3) is 0.647. The molecule has 2 heterocycles. The lowest BCUT2D eigenvalue weighted by Gasteiger charge is -2.37. The number of aromatic hydroxyl groups is 1. The lowest BCUT2D eigenvalue weighted by Crippen LogP contribution is -2.46. The van der Waals surface area contributed by atoms with Gasteiger partial charge < -0.3 is 9.84 Å². The summed E-state index contributed by atoms with van der Waals surface area (Å²) in [5.41, 5.74) is 1.03. The van der Waals surface area contributed by atoms with Gasteiger partial charge in [0.05, 0.1) is 7.11 Å². The normalized spacial score (nSPS) is 23.8. The van der Waals surface area contributed by atoms with Crippen LogP contribution < -0.4 is 4.74 Å². The molecule has 2 saturated heterocycles.